The Morgan fingerprint density at radius 2 is 2.23 bits per heavy atom. The van der Waals surface area contributed by atoms with E-state index in [1.54, 1.807) is 4.52 Å². The van der Waals surface area contributed by atoms with E-state index in [4.69, 9.17) is 16.5 Å². The van der Waals surface area contributed by atoms with Crippen LogP contribution < -0.4 is 16.4 Å². The van der Waals surface area contributed by atoms with Crippen LogP contribution in [-0.2, 0) is 0 Å². The number of hydrogen-bond donors (Lipinski definition) is 2. The van der Waals surface area contributed by atoms with Crippen molar-refractivity contribution in [1.82, 2.24) is 14.6 Å². The van der Waals surface area contributed by atoms with Crippen LogP contribution in [0, 0.1) is 0 Å². The van der Waals surface area contributed by atoms with Crippen LogP contribution in [0.5, 0.6) is 0 Å². The van der Waals surface area contributed by atoms with E-state index in [1.807, 2.05) is 6.20 Å². The van der Waals surface area contributed by atoms with Crippen LogP contribution in [0.1, 0.15) is 18.4 Å². The lowest BCUT2D eigenvalue weighted by molar-refractivity contribution is 0.751. The van der Waals surface area contributed by atoms with Crippen molar-refractivity contribution in [2.45, 2.75) is 18.9 Å². The molecule has 2 aromatic rings. The van der Waals surface area contributed by atoms with Gasteiger partial charge in [0, 0.05) is 24.7 Å². The Hall–Kier alpha value is -1.86. The summed E-state index contributed by atoms with van der Waals surface area (Å²) >= 11 is 3.56. The molecule has 0 unspecified atom stereocenters. The second-order valence-corrected chi connectivity index (χ2v) is 6.51. The number of nitrogen functional groups attached to an aromatic ring is 1. The number of nitrogens with zero attached hydrogens (tertiary/aromatic N) is 4. The molecular weight excluding hydrogens is 344 g/mol. The van der Waals surface area contributed by atoms with Crippen molar-refractivity contribution < 1.29 is 0 Å². The smallest absolute Gasteiger partial charge is 0.167 e. The summed E-state index contributed by atoms with van der Waals surface area (Å²) in [7, 11) is 0. The lowest BCUT2D eigenvalue weighted by Gasteiger charge is -2.19. The molecule has 114 valence electrons. The zero-order valence-corrected chi connectivity index (χ0v) is 13.6. The molecule has 1 atom stereocenters. The summed E-state index contributed by atoms with van der Waals surface area (Å²) < 4.78 is 2.46. The maximum absolute atomic E-state index is 6.25. The highest BCUT2D eigenvalue weighted by molar-refractivity contribution is 9.10. The molecule has 6 nitrogen and oxygen atoms in total. The molecule has 0 aromatic carbocycles. The van der Waals surface area contributed by atoms with Gasteiger partial charge in [0.1, 0.15) is 16.1 Å². The minimum absolute atomic E-state index is 0.191. The fraction of sp³-hybridized carbons (Fsp3) is 0.333. The molecule has 0 amide bonds. The van der Waals surface area contributed by atoms with E-state index in [1.165, 1.54) is 0 Å². The van der Waals surface area contributed by atoms with Gasteiger partial charge < -0.3 is 16.4 Å². The summed E-state index contributed by atoms with van der Waals surface area (Å²) in [5.74, 6) is 1.41. The molecule has 0 spiro atoms. The molecule has 1 saturated heterocycles. The van der Waals surface area contributed by atoms with Crippen LogP contribution in [0.4, 0.5) is 11.6 Å². The van der Waals surface area contributed by atoms with Crippen molar-refractivity contribution in [3.63, 3.8) is 0 Å². The summed E-state index contributed by atoms with van der Waals surface area (Å²) in [5.41, 5.74) is 15.2. The molecule has 4 rings (SSSR count). The number of halogens is 1. The number of hydrogen-bond acceptors (Lipinski definition) is 5. The fourth-order valence-electron chi connectivity index (χ4n) is 3.03. The summed E-state index contributed by atoms with van der Waals surface area (Å²) in [5, 5.41) is 4.39. The topological polar surface area (TPSA) is 85.5 Å². The van der Waals surface area contributed by atoms with E-state index in [0.717, 1.165) is 53.0 Å². The Labute approximate surface area is 136 Å². The van der Waals surface area contributed by atoms with Gasteiger partial charge in [0.05, 0.1) is 6.20 Å². The van der Waals surface area contributed by atoms with E-state index < -0.39 is 0 Å². The molecule has 2 aromatic heterocycles. The van der Waals surface area contributed by atoms with Crippen molar-refractivity contribution in [2.24, 2.45) is 5.73 Å². The average Bonchev–Trinajstić information content (AvgIpc) is 3.22. The van der Waals surface area contributed by atoms with Crippen molar-refractivity contribution in [3.05, 3.63) is 34.5 Å². The summed E-state index contributed by atoms with van der Waals surface area (Å²) in [6, 6.07) is 0.191. The molecule has 4 N–H and O–H groups in total. The first kappa shape index (κ1) is 13.8. The molecule has 22 heavy (non-hydrogen) atoms. The molecular formula is C15H17BrN6. The van der Waals surface area contributed by atoms with E-state index in [9.17, 15) is 0 Å². The zero-order chi connectivity index (χ0) is 15.3. The second kappa shape index (κ2) is 5.10. The third kappa shape index (κ3) is 2.04. The molecule has 0 bridgehead atoms. The molecule has 7 heteroatoms. The van der Waals surface area contributed by atoms with Crippen LogP contribution in [0.3, 0.4) is 0 Å². The van der Waals surface area contributed by atoms with Gasteiger partial charge in [0.25, 0.3) is 0 Å². The summed E-state index contributed by atoms with van der Waals surface area (Å²) in [6.07, 6.45) is 10.1. The standard InChI is InChI=1S/C15H17BrN6/c16-12-13(18)22-14(11(7-19-22)9-3-1-2-4-9)20-15(12)21-6-5-10(17)8-21/h1,3-4,7,10H,2,5-6,8,17-18H2/t10-/m0/s1. The van der Waals surface area contributed by atoms with Gasteiger partial charge in [-0.1, -0.05) is 18.2 Å². The van der Waals surface area contributed by atoms with Gasteiger partial charge in [0.15, 0.2) is 5.65 Å². The van der Waals surface area contributed by atoms with Gasteiger partial charge in [0.2, 0.25) is 0 Å². The minimum Gasteiger partial charge on any atom is -0.383 e. The number of rotatable bonds is 2. The van der Waals surface area contributed by atoms with Crippen LogP contribution in [0.25, 0.3) is 11.2 Å². The quantitative estimate of drug-likeness (QED) is 0.854. The third-order valence-corrected chi connectivity index (χ3v) is 4.97. The summed E-state index contributed by atoms with van der Waals surface area (Å²) in [4.78, 5) is 7.01. The van der Waals surface area contributed by atoms with Crippen molar-refractivity contribution >= 4 is 38.8 Å². The zero-order valence-electron chi connectivity index (χ0n) is 12.0. The number of anilines is 2. The molecule has 1 aliphatic carbocycles. The van der Waals surface area contributed by atoms with Crippen LogP contribution in [0.2, 0.25) is 0 Å². The first-order valence-corrected chi connectivity index (χ1v) is 8.15. The van der Waals surface area contributed by atoms with Crippen LogP contribution >= 0.6 is 15.9 Å². The number of allylic oxidation sites excluding steroid dienone is 4. The first-order valence-electron chi connectivity index (χ1n) is 7.35. The Morgan fingerprint density at radius 3 is 2.91 bits per heavy atom. The Morgan fingerprint density at radius 1 is 1.36 bits per heavy atom. The largest absolute Gasteiger partial charge is 0.383 e. The number of fused-ring (bicyclic) bond motifs is 1. The highest BCUT2D eigenvalue weighted by atomic mass is 79.9. The Bertz CT molecular complexity index is 806. The molecule has 1 aliphatic heterocycles. The first-order chi connectivity index (χ1) is 10.6. The van der Waals surface area contributed by atoms with Crippen molar-refractivity contribution in [1.29, 1.82) is 0 Å². The predicted octanol–water partition coefficient (Wildman–Crippen LogP) is 1.95. The molecule has 0 radical (unpaired) electrons. The van der Waals surface area contributed by atoms with Gasteiger partial charge in [-0.3, -0.25) is 0 Å². The lowest BCUT2D eigenvalue weighted by atomic mass is 10.1. The Kier molecular flexibility index (Phi) is 3.19. The van der Waals surface area contributed by atoms with E-state index >= 15 is 0 Å². The van der Waals surface area contributed by atoms with Gasteiger partial charge in [-0.05, 0) is 34.3 Å². The second-order valence-electron chi connectivity index (χ2n) is 5.72. The third-order valence-electron chi connectivity index (χ3n) is 4.21. The van der Waals surface area contributed by atoms with E-state index in [-0.39, 0.29) is 6.04 Å². The Balaban J connectivity index is 1.89. The molecule has 3 heterocycles. The van der Waals surface area contributed by atoms with Gasteiger partial charge >= 0.3 is 0 Å². The lowest BCUT2D eigenvalue weighted by Crippen LogP contribution is -2.27. The summed E-state index contributed by atoms with van der Waals surface area (Å²) in [6.45, 7) is 1.70. The monoisotopic (exact) mass is 360 g/mol. The van der Waals surface area contributed by atoms with Crippen LogP contribution in [0.15, 0.2) is 28.9 Å². The van der Waals surface area contributed by atoms with Crippen molar-refractivity contribution in [2.75, 3.05) is 23.7 Å². The fourth-order valence-corrected chi connectivity index (χ4v) is 3.54. The molecule has 2 aliphatic rings. The number of aromatic nitrogens is 3. The van der Waals surface area contributed by atoms with Gasteiger partial charge in [-0.15, -0.1) is 0 Å². The van der Waals surface area contributed by atoms with E-state index in [0.29, 0.717) is 5.82 Å². The highest BCUT2D eigenvalue weighted by Gasteiger charge is 2.25. The van der Waals surface area contributed by atoms with E-state index in [2.05, 4.69) is 44.2 Å². The van der Waals surface area contributed by atoms with Gasteiger partial charge in [-0.25, -0.2) is 4.98 Å². The molecule has 1 fully saturated rings. The minimum atomic E-state index is 0.191. The average molecular weight is 361 g/mol. The normalized spacial score (nSPS) is 21.1. The number of nitrogens with two attached hydrogens (primary N) is 2. The van der Waals surface area contributed by atoms with Crippen LogP contribution in [-0.4, -0.2) is 33.7 Å². The van der Waals surface area contributed by atoms with Crippen molar-refractivity contribution in [3.8, 4) is 0 Å². The SMILES string of the molecule is Nc1c(Br)c(N2CC[C@H](N)C2)nc2c(C3=CCC=C3)cnn12. The highest BCUT2D eigenvalue weighted by Crippen LogP contribution is 2.35. The maximum atomic E-state index is 6.25. The predicted molar refractivity (Wildman–Crippen MR) is 91.6 cm³/mol. The maximum Gasteiger partial charge on any atom is 0.167 e. The van der Waals surface area contributed by atoms with Gasteiger partial charge in [-0.2, -0.15) is 9.61 Å². The molecule has 0 saturated carbocycles.